The molecule has 0 amide bonds. The summed E-state index contributed by atoms with van der Waals surface area (Å²) in [4.78, 5) is 9.74. The number of aromatic nitrogens is 2. The van der Waals surface area contributed by atoms with Gasteiger partial charge in [-0.1, -0.05) is 5.11 Å². The monoisotopic (exact) mass is 173 g/mol. The summed E-state index contributed by atoms with van der Waals surface area (Å²) in [5, 5.41) is 4.56. The second-order valence-electron chi connectivity index (χ2n) is 2.62. The number of nitrogens with zero attached hydrogens (tertiary/aromatic N) is 4. The molecule has 1 N–H and O–H groups in total. The Balaban J connectivity index is 2.51. The van der Waals surface area contributed by atoms with Crippen LogP contribution >= 0.6 is 0 Å². The Labute approximate surface area is 74.0 Å². The van der Waals surface area contributed by atoms with Crippen molar-refractivity contribution >= 4 is 10.9 Å². The van der Waals surface area contributed by atoms with Crippen LogP contribution in [0.5, 0.6) is 0 Å². The van der Waals surface area contributed by atoms with Crippen LogP contribution in [0.1, 0.15) is 5.56 Å². The van der Waals surface area contributed by atoms with E-state index in [0.717, 1.165) is 16.5 Å². The van der Waals surface area contributed by atoms with Gasteiger partial charge in [-0.25, -0.2) is 0 Å². The molecule has 0 unspecified atom stereocenters. The number of azide groups is 1. The number of fused-ring (bicyclic) bond motifs is 1. The van der Waals surface area contributed by atoms with Crippen molar-refractivity contribution in [3.05, 3.63) is 40.7 Å². The predicted octanol–water partition coefficient (Wildman–Crippen LogP) is 2.37. The molecule has 0 spiro atoms. The molecule has 0 aliphatic carbocycles. The molecule has 0 radical (unpaired) electrons. The lowest BCUT2D eigenvalue weighted by Crippen LogP contribution is -1.76. The van der Waals surface area contributed by atoms with Crippen molar-refractivity contribution in [1.29, 1.82) is 0 Å². The maximum atomic E-state index is 8.17. The van der Waals surface area contributed by atoms with Crippen molar-refractivity contribution < 1.29 is 0 Å². The molecule has 0 saturated carbocycles. The van der Waals surface area contributed by atoms with Crippen LogP contribution in [-0.2, 0) is 6.54 Å². The highest BCUT2D eigenvalue weighted by atomic mass is 15.1. The van der Waals surface area contributed by atoms with Gasteiger partial charge in [0.05, 0.1) is 18.3 Å². The summed E-state index contributed by atoms with van der Waals surface area (Å²) in [5.74, 6) is 0. The van der Waals surface area contributed by atoms with Gasteiger partial charge in [0.1, 0.15) is 0 Å². The fourth-order valence-electron chi connectivity index (χ4n) is 1.27. The van der Waals surface area contributed by atoms with Crippen molar-refractivity contribution in [2.75, 3.05) is 0 Å². The van der Waals surface area contributed by atoms with Gasteiger partial charge in [0.2, 0.25) is 0 Å². The zero-order valence-electron chi connectivity index (χ0n) is 6.81. The first-order valence-corrected chi connectivity index (χ1v) is 3.82. The molecule has 2 heterocycles. The Morgan fingerprint density at radius 2 is 2.54 bits per heavy atom. The lowest BCUT2D eigenvalue weighted by atomic mass is 10.2. The molecule has 0 bridgehead atoms. The Morgan fingerprint density at radius 3 is 3.38 bits per heavy atom. The molecule has 0 aliphatic heterocycles. The van der Waals surface area contributed by atoms with Crippen LogP contribution < -0.4 is 0 Å². The number of hydrogen-bond acceptors (Lipinski definition) is 2. The van der Waals surface area contributed by atoms with E-state index in [2.05, 4.69) is 20.0 Å². The second kappa shape index (κ2) is 3.16. The van der Waals surface area contributed by atoms with Crippen LogP contribution in [-0.4, -0.2) is 9.97 Å². The van der Waals surface area contributed by atoms with E-state index in [1.165, 1.54) is 0 Å². The molecule has 5 nitrogen and oxygen atoms in total. The summed E-state index contributed by atoms with van der Waals surface area (Å²) in [6.07, 6.45) is 5.30. The van der Waals surface area contributed by atoms with Crippen molar-refractivity contribution in [1.82, 2.24) is 9.97 Å². The van der Waals surface area contributed by atoms with E-state index >= 15 is 0 Å². The highest BCUT2D eigenvalue weighted by Crippen LogP contribution is 2.16. The standard InChI is InChI=1S/C8H7N5/c9-13-12-4-6-3-11-8-5-10-2-1-7(6)8/h1-3,5,11H,4H2. The lowest BCUT2D eigenvalue weighted by Gasteiger charge is -1.90. The maximum Gasteiger partial charge on any atom is 0.0643 e. The molecule has 13 heavy (non-hydrogen) atoms. The summed E-state index contributed by atoms with van der Waals surface area (Å²) in [5.41, 5.74) is 10.1. The Hall–Kier alpha value is -2.00. The number of nitrogens with one attached hydrogen (secondary N) is 1. The summed E-state index contributed by atoms with van der Waals surface area (Å²) in [6.45, 7) is 0.376. The first-order chi connectivity index (χ1) is 6.42. The van der Waals surface area contributed by atoms with Gasteiger partial charge in [0, 0.05) is 22.7 Å². The fraction of sp³-hybridized carbons (Fsp3) is 0.125. The number of pyridine rings is 1. The van der Waals surface area contributed by atoms with Gasteiger partial charge in [-0.15, -0.1) is 0 Å². The summed E-state index contributed by atoms with van der Waals surface area (Å²) in [6, 6.07) is 1.90. The molecule has 0 fully saturated rings. The number of H-pyrrole nitrogens is 1. The first kappa shape index (κ1) is 7.64. The molecule has 2 aromatic rings. The molecule has 0 atom stereocenters. The van der Waals surface area contributed by atoms with Crippen LogP contribution in [0.25, 0.3) is 21.3 Å². The smallest absolute Gasteiger partial charge is 0.0643 e. The fourth-order valence-corrected chi connectivity index (χ4v) is 1.27. The Morgan fingerprint density at radius 1 is 1.62 bits per heavy atom. The van der Waals surface area contributed by atoms with E-state index in [1.54, 1.807) is 12.4 Å². The maximum absolute atomic E-state index is 8.17. The van der Waals surface area contributed by atoms with Crippen LogP contribution in [0, 0.1) is 0 Å². The van der Waals surface area contributed by atoms with Crippen molar-refractivity contribution in [3.8, 4) is 0 Å². The summed E-state index contributed by atoms with van der Waals surface area (Å²) < 4.78 is 0. The Bertz CT molecular complexity index is 466. The van der Waals surface area contributed by atoms with E-state index in [-0.39, 0.29) is 0 Å². The van der Waals surface area contributed by atoms with Gasteiger partial charge in [0.15, 0.2) is 0 Å². The minimum atomic E-state index is 0.376. The minimum absolute atomic E-state index is 0.376. The lowest BCUT2D eigenvalue weighted by molar-refractivity contribution is 1.06. The molecule has 0 aromatic carbocycles. The van der Waals surface area contributed by atoms with Crippen LogP contribution in [0.15, 0.2) is 29.8 Å². The largest absolute Gasteiger partial charge is 0.360 e. The van der Waals surface area contributed by atoms with Gasteiger partial charge in [-0.2, -0.15) is 0 Å². The molecule has 64 valence electrons. The van der Waals surface area contributed by atoms with Crippen molar-refractivity contribution in [2.45, 2.75) is 6.54 Å². The third-order valence-corrected chi connectivity index (χ3v) is 1.87. The first-order valence-electron chi connectivity index (χ1n) is 3.82. The summed E-state index contributed by atoms with van der Waals surface area (Å²) in [7, 11) is 0. The quantitative estimate of drug-likeness (QED) is 0.422. The minimum Gasteiger partial charge on any atom is -0.360 e. The molecule has 2 aromatic heterocycles. The normalized spacial score (nSPS) is 9.85. The topological polar surface area (TPSA) is 77.4 Å². The highest BCUT2D eigenvalue weighted by molar-refractivity contribution is 5.82. The highest BCUT2D eigenvalue weighted by Gasteiger charge is 2.00. The average Bonchev–Trinajstić information content (AvgIpc) is 2.58. The number of rotatable bonds is 2. The molecule has 0 saturated heterocycles. The van der Waals surface area contributed by atoms with Crippen LogP contribution in [0.4, 0.5) is 0 Å². The van der Waals surface area contributed by atoms with Crippen molar-refractivity contribution in [3.63, 3.8) is 0 Å². The molecule has 2 rings (SSSR count). The zero-order chi connectivity index (χ0) is 9.10. The number of hydrogen-bond donors (Lipinski definition) is 1. The van der Waals surface area contributed by atoms with Crippen molar-refractivity contribution in [2.24, 2.45) is 5.11 Å². The van der Waals surface area contributed by atoms with Crippen LogP contribution in [0.2, 0.25) is 0 Å². The summed E-state index contributed by atoms with van der Waals surface area (Å²) >= 11 is 0. The van der Waals surface area contributed by atoms with E-state index in [1.807, 2.05) is 12.3 Å². The van der Waals surface area contributed by atoms with Crippen LogP contribution in [0.3, 0.4) is 0 Å². The predicted molar refractivity (Wildman–Crippen MR) is 48.9 cm³/mol. The van der Waals surface area contributed by atoms with E-state index in [9.17, 15) is 0 Å². The van der Waals surface area contributed by atoms with E-state index < -0.39 is 0 Å². The van der Waals surface area contributed by atoms with E-state index in [4.69, 9.17) is 5.53 Å². The van der Waals surface area contributed by atoms with Gasteiger partial charge in [-0.3, -0.25) is 4.98 Å². The van der Waals surface area contributed by atoms with E-state index in [0.29, 0.717) is 6.54 Å². The Kier molecular flexibility index (Phi) is 1.86. The van der Waals surface area contributed by atoms with Gasteiger partial charge >= 0.3 is 0 Å². The van der Waals surface area contributed by atoms with Gasteiger partial charge in [-0.05, 0) is 17.2 Å². The molecule has 5 heteroatoms. The van der Waals surface area contributed by atoms with Gasteiger partial charge in [0.25, 0.3) is 0 Å². The SMILES string of the molecule is [N-]=[N+]=NCc1c[nH]c2cnccc12. The molecular formula is C8H7N5. The average molecular weight is 173 g/mol. The third-order valence-electron chi connectivity index (χ3n) is 1.87. The second-order valence-corrected chi connectivity index (χ2v) is 2.62. The molecule has 0 aliphatic rings. The van der Waals surface area contributed by atoms with Gasteiger partial charge < -0.3 is 4.98 Å². The third kappa shape index (κ3) is 1.32. The zero-order valence-corrected chi connectivity index (χ0v) is 6.81. The number of aromatic amines is 1. The molecular weight excluding hydrogens is 166 g/mol.